The van der Waals surface area contributed by atoms with Crippen LogP contribution in [0.25, 0.3) is 0 Å². The lowest BCUT2D eigenvalue weighted by molar-refractivity contribution is -0.118. The van der Waals surface area contributed by atoms with Gasteiger partial charge in [-0.3, -0.25) is 4.79 Å². The van der Waals surface area contributed by atoms with E-state index in [4.69, 9.17) is 4.74 Å². The predicted octanol–water partition coefficient (Wildman–Crippen LogP) is 3.26. The number of carbonyl (C=O) groups is 1. The van der Waals surface area contributed by atoms with Gasteiger partial charge in [0.15, 0.2) is 4.34 Å². The van der Waals surface area contributed by atoms with Crippen molar-refractivity contribution < 1.29 is 9.53 Å². The summed E-state index contributed by atoms with van der Waals surface area (Å²) in [6, 6.07) is 8.28. The van der Waals surface area contributed by atoms with Crippen molar-refractivity contribution in [3.8, 4) is 0 Å². The quantitative estimate of drug-likeness (QED) is 0.524. The molecule has 1 amide bonds. The van der Waals surface area contributed by atoms with E-state index in [0.29, 0.717) is 24.8 Å². The summed E-state index contributed by atoms with van der Waals surface area (Å²) in [6.07, 6.45) is 0. The van der Waals surface area contributed by atoms with Crippen LogP contribution in [0.5, 0.6) is 0 Å². The first-order valence-corrected chi connectivity index (χ1v) is 9.47. The minimum Gasteiger partial charge on any atom is -0.383 e. The predicted molar refractivity (Wildman–Crippen MR) is 99.3 cm³/mol. The maximum absolute atomic E-state index is 11.6. The summed E-state index contributed by atoms with van der Waals surface area (Å²) < 4.78 is 5.65. The molecule has 24 heavy (non-hydrogen) atoms. The molecular weight excluding hydrogens is 344 g/mol. The number of amides is 1. The third-order valence-corrected chi connectivity index (χ3v) is 5.16. The summed E-state index contributed by atoms with van der Waals surface area (Å²) in [4.78, 5) is 11.6. The Morgan fingerprint density at radius 1 is 1.29 bits per heavy atom. The van der Waals surface area contributed by atoms with Crippen LogP contribution in [0.4, 0.5) is 10.8 Å². The van der Waals surface area contributed by atoms with Crippen molar-refractivity contribution in [2.75, 3.05) is 31.3 Å². The number of ether oxygens (including phenoxy) is 1. The first kappa shape index (κ1) is 18.7. The number of thioether (sulfide) groups is 1. The summed E-state index contributed by atoms with van der Waals surface area (Å²) in [5, 5.41) is 14.9. The van der Waals surface area contributed by atoms with E-state index in [9.17, 15) is 4.79 Å². The van der Waals surface area contributed by atoms with Crippen LogP contribution in [0.3, 0.4) is 0 Å². The Hall–Kier alpha value is -1.64. The molecule has 0 fully saturated rings. The zero-order chi connectivity index (χ0) is 17.4. The average molecular weight is 367 g/mol. The molecule has 0 saturated heterocycles. The molecule has 130 valence electrons. The van der Waals surface area contributed by atoms with Crippen molar-refractivity contribution >= 4 is 39.8 Å². The molecule has 0 radical (unpaired) electrons. The first-order valence-electron chi connectivity index (χ1n) is 7.67. The molecule has 0 atom stereocenters. The normalized spacial score (nSPS) is 10.8. The van der Waals surface area contributed by atoms with Gasteiger partial charge < -0.3 is 15.4 Å². The van der Waals surface area contributed by atoms with Gasteiger partial charge >= 0.3 is 0 Å². The van der Waals surface area contributed by atoms with Gasteiger partial charge in [-0.2, -0.15) is 0 Å². The number of nitrogens with zero attached hydrogens (tertiary/aromatic N) is 2. The van der Waals surface area contributed by atoms with Crippen LogP contribution in [0.2, 0.25) is 0 Å². The fourth-order valence-electron chi connectivity index (χ4n) is 1.86. The summed E-state index contributed by atoms with van der Waals surface area (Å²) in [5.41, 5.74) is 2.28. The summed E-state index contributed by atoms with van der Waals surface area (Å²) in [7, 11) is 1.60. The van der Waals surface area contributed by atoms with E-state index in [0.717, 1.165) is 15.2 Å². The first-order chi connectivity index (χ1) is 11.6. The number of methoxy groups -OCH3 is 1. The van der Waals surface area contributed by atoms with Crippen LogP contribution < -0.4 is 10.6 Å². The number of anilines is 2. The molecular formula is C16H22N4O2S2. The standard InChI is InChI=1S/C16H22N4O2S2/c1-11(2)12-4-6-13(7-5-12)18-15-19-20-16(24-15)23-10-14(21)17-8-9-22-3/h4-7,11H,8-10H2,1-3H3,(H,17,21)(H,18,19). The molecule has 1 heterocycles. The second kappa shape index (κ2) is 9.61. The van der Waals surface area contributed by atoms with E-state index < -0.39 is 0 Å². The van der Waals surface area contributed by atoms with Crippen LogP contribution in [0.1, 0.15) is 25.3 Å². The topological polar surface area (TPSA) is 76.1 Å². The maximum Gasteiger partial charge on any atom is 0.230 e. The van der Waals surface area contributed by atoms with Crippen LogP contribution in [-0.4, -0.2) is 42.1 Å². The second-order valence-corrected chi connectivity index (χ2v) is 7.61. The van der Waals surface area contributed by atoms with Gasteiger partial charge in [-0.25, -0.2) is 0 Å². The van der Waals surface area contributed by atoms with E-state index >= 15 is 0 Å². The number of carbonyl (C=O) groups excluding carboxylic acids is 1. The minimum atomic E-state index is -0.0361. The van der Waals surface area contributed by atoms with Gasteiger partial charge in [0.25, 0.3) is 0 Å². The van der Waals surface area contributed by atoms with E-state index in [1.165, 1.54) is 28.7 Å². The van der Waals surface area contributed by atoms with Crippen LogP contribution >= 0.6 is 23.1 Å². The molecule has 0 aliphatic heterocycles. The number of benzene rings is 1. The average Bonchev–Trinajstić information content (AvgIpc) is 3.01. The molecule has 1 aromatic carbocycles. The van der Waals surface area contributed by atoms with Crippen LogP contribution in [0.15, 0.2) is 28.6 Å². The number of rotatable bonds is 9. The van der Waals surface area contributed by atoms with Crippen molar-refractivity contribution in [3.05, 3.63) is 29.8 Å². The van der Waals surface area contributed by atoms with Gasteiger partial charge in [0.2, 0.25) is 11.0 Å². The van der Waals surface area contributed by atoms with Crippen LogP contribution in [0, 0.1) is 0 Å². The van der Waals surface area contributed by atoms with E-state index in [-0.39, 0.29) is 5.91 Å². The Labute approximate surface area is 150 Å². The van der Waals surface area contributed by atoms with E-state index in [1.54, 1.807) is 7.11 Å². The van der Waals surface area contributed by atoms with E-state index in [1.807, 2.05) is 12.1 Å². The highest BCUT2D eigenvalue weighted by atomic mass is 32.2. The highest BCUT2D eigenvalue weighted by Crippen LogP contribution is 2.28. The van der Waals surface area contributed by atoms with Crippen molar-refractivity contribution in [1.82, 2.24) is 15.5 Å². The van der Waals surface area contributed by atoms with Crippen molar-refractivity contribution in [1.29, 1.82) is 0 Å². The Balaban J connectivity index is 1.81. The number of hydrogen-bond donors (Lipinski definition) is 2. The van der Waals surface area contributed by atoms with Crippen molar-refractivity contribution in [3.63, 3.8) is 0 Å². The largest absolute Gasteiger partial charge is 0.383 e. The molecule has 1 aromatic heterocycles. The Morgan fingerprint density at radius 3 is 2.71 bits per heavy atom. The van der Waals surface area contributed by atoms with Crippen LogP contribution in [-0.2, 0) is 9.53 Å². The van der Waals surface area contributed by atoms with Gasteiger partial charge in [-0.05, 0) is 23.6 Å². The molecule has 8 heteroatoms. The van der Waals surface area contributed by atoms with Gasteiger partial charge in [0.05, 0.1) is 12.4 Å². The molecule has 2 N–H and O–H groups in total. The number of aromatic nitrogens is 2. The zero-order valence-electron chi connectivity index (χ0n) is 14.0. The van der Waals surface area contributed by atoms with E-state index in [2.05, 4.69) is 46.8 Å². The lowest BCUT2D eigenvalue weighted by Gasteiger charge is -2.06. The van der Waals surface area contributed by atoms with Gasteiger partial charge in [0, 0.05) is 19.3 Å². The molecule has 2 rings (SSSR count). The highest BCUT2D eigenvalue weighted by Gasteiger charge is 2.08. The molecule has 0 bridgehead atoms. The Bertz CT molecular complexity index is 644. The lowest BCUT2D eigenvalue weighted by Crippen LogP contribution is -2.28. The summed E-state index contributed by atoms with van der Waals surface area (Å²) >= 11 is 2.81. The summed E-state index contributed by atoms with van der Waals surface area (Å²) in [5.74, 6) is 0.797. The molecule has 0 spiro atoms. The molecule has 0 aliphatic carbocycles. The molecule has 6 nitrogen and oxygen atoms in total. The third kappa shape index (κ3) is 6.10. The fourth-order valence-corrected chi connectivity index (χ4v) is 3.47. The third-order valence-electron chi connectivity index (χ3n) is 3.19. The van der Waals surface area contributed by atoms with Crippen molar-refractivity contribution in [2.24, 2.45) is 0 Å². The molecule has 2 aromatic rings. The van der Waals surface area contributed by atoms with Crippen molar-refractivity contribution in [2.45, 2.75) is 24.1 Å². The fraction of sp³-hybridized carbons (Fsp3) is 0.438. The monoisotopic (exact) mass is 366 g/mol. The van der Waals surface area contributed by atoms with Gasteiger partial charge in [0.1, 0.15) is 0 Å². The minimum absolute atomic E-state index is 0.0361. The van der Waals surface area contributed by atoms with Gasteiger partial charge in [-0.1, -0.05) is 49.1 Å². The van der Waals surface area contributed by atoms with Gasteiger partial charge in [-0.15, -0.1) is 10.2 Å². The Morgan fingerprint density at radius 2 is 2.04 bits per heavy atom. The maximum atomic E-state index is 11.6. The molecule has 0 saturated carbocycles. The SMILES string of the molecule is COCCNC(=O)CSc1nnc(Nc2ccc(C(C)C)cc2)s1. The number of hydrogen-bond acceptors (Lipinski definition) is 7. The number of nitrogens with one attached hydrogen (secondary N) is 2. The molecule has 0 unspecified atom stereocenters. The second-order valence-electron chi connectivity index (χ2n) is 5.41. The molecule has 0 aliphatic rings. The summed E-state index contributed by atoms with van der Waals surface area (Å²) in [6.45, 7) is 5.37. The Kier molecular flexibility index (Phi) is 7.48. The highest BCUT2D eigenvalue weighted by molar-refractivity contribution is 8.01. The lowest BCUT2D eigenvalue weighted by atomic mass is 10.0. The zero-order valence-corrected chi connectivity index (χ0v) is 15.7. The smallest absolute Gasteiger partial charge is 0.230 e.